The van der Waals surface area contributed by atoms with Crippen LogP contribution >= 0.6 is 27.5 Å². The van der Waals surface area contributed by atoms with E-state index in [9.17, 15) is 9.59 Å². The summed E-state index contributed by atoms with van der Waals surface area (Å²) in [6.07, 6.45) is 2.98. The second-order valence-corrected chi connectivity index (χ2v) is 6.76. The Morgan fingerprint density at radius 2 is 1.77 bits per heavy atom. The highest BCUT2D eigenvalue weighted by Crippen LogP contribution is 2.17. The van der Waals surface area contributed by atoms with Crippen molar-refractivity contribution < 1.29 is 14.3 Å². The molecular formula is C20H17BrClNO3. The number of carbonyl (C=O) groups excluding carboxylic acids is 2. The SMILES string of the molecule is C=C(Br)C(=O)N(Cc1ccc(OC)cc1)C(=O)C=Cc1ccc(Cl)cc1. The predicted molar refractivity (Wildman–Crippen MR) is 107 cm³/mol. The van der Waals surface area contributed by atoms with Crippen LogP contribution in [0.2, 0.25) is 5.02 Å². The number of halogens is 2. The molecule has 0 N–H and O–H groups in total. The first-order valence-corrected chi connectivity index (χ1v) is 8.84. The molecule has 2 amide bonds. The van der Waals surface area contributed by atoms with Crippen LogP contribution < -0.4 is 4.74 Å². The van der Waals surface area contributed by atoms with Crippen molar-refractivity contribution in [2.45, 2.75) is 6.54 Å². The Labute approximate surface area is 165 Å². The smallest absolute Gasteiger partial charge is 0.267 e. The molecular weight excluding hydrogens is 418 g/mol. The molecule has 2 aromatic carbocycles. The number of hydrogen-bond donors (Lipinski definition) is 0. The standard InChI is InChI=1S/C20H17BrClNO3/c1-14(21)20(25)23(13-16-5-10-18(26-2)11-6-16)19(24)12-7-15-3-8-17(22)9-4-15/h3-12H,1,13H2,2H3. The van der Waals surface area contributed by atoms with Crippen molar-refractivity contribution in [3.05, 3.63) is 81.8 Å². The van der Waals surface area contributed by atoms with Gasteiger partial charge in [-0.3, -0.25) is 14.5 Å². The lowest BCUT2D eigenvalue weighted by Crippen LogP contribution is -2.35. The van der Waals surface area contributed by atoms with Crippen molar-refractivity contribution in [2.24, 2.45) is 0 Å². The Hall–Kier alpha value is -2.37. The summed E-state index contributed by atoms with van der Waals surface area (Å²) >= 11 is 8.90. The molecule has 0 unspecified atom stereocenters. The fraction of sp³-hybridized carbons (Fsp3) is 0.100. The monoisotopic (exact) mass is 433 g/mol. The van der Waals surface area contributed by atoms with Crippen LogP contribution in [0.3, 0.4) is 0 Å². The van der Waals surface area contributed by atoms with E-state index in [4.69, 9.17) is 16.3 Å². The zero-order valence-electron chi connectivity index (χ0n) is 14.1. The van der Waals surface area contributed by atoms with Gasteiger partial charge >= 0.3 is 0 Å². The fourth-order valence-electron chi connectivity index (χ4n) is 2.14. The number of benzene rings is 2. The molecule has 0 spiro atoms. The number of methoxy groups -OCH3 is 1. The fourth-order valence-corrected chi connectivity index (χ4v) is 2.48. The molecule has 0 atom stereocenters. The van der Waals surface area contributed by atoms with Crippen LogP contribution in [-0.2, 0) is 16.1 Å². The van der Waals surface area contributed by atoms with Crippen LogP contribution in [0.4, 0.5) is 0 Å². The second-order valence-electron chi connectivity index (χ2n) is 5.37. The molecule has 0 saturated carbocycles. The maximum absolute atomic E-state index is 12.6. The molecule has 26 heavy (non-hydrogen) atoms. The minimum absolute atomic E-state index is 0.110. The molecule has 134 valence electrons. The van der Waals surface area contributed by atoms with Crippen molar-refractivity contribution in [1.82, 2.24) is 4.90 Å². The zero-order valence-corrected chi connectivity index (χ0v) is 16.5. The second kappa shape index (κ2) is 9.36. The van der Waals surface area contributed by atoms with Gasteiger partial charge in [0.15, 0.2) is 0 Å². The summed E-state index contributed by atoms with van der Waals surface area (Å²) in [5.74, 6) is -0.238. The Kier molecular flexibility index (Phi) is 7.18. The number of nitrogens with zero attached hydrogens (tertiary/aromatic N) is 1. The van der Waals surface area contributed by atoms with Gasteiger partial charge in [-0.05, 0) is 57.4 Å². The highest BCUT2D eigenvalue weighted by Gasteiger charge is 2.21. The lowest BCUT2D eigenvalue weighted by Gasteiger charge is -2.19. The van der Waals surface area contributed by atoms with Crippen molar-refractivity contribution in [1.29, 1.82) is 0 Å². The van der Waals surface area contributed by atoms with E-state index < -0.39 is 11.8 Å². The first-order valence-electron chi connectivity index (χ1n) is 7.67. The molecule has 6 heteroatoms. The Morgan fingerprint density at radius 3 is 2.31 bits per heavy atom. The molecule has 2 aromatic rings. The summed E-state index contributed by atoms with van der Waals surface area (Å²) in [4.78, 5) is 26.0. The number of amides is 2. The molecule has 0 saturated heterocycles. The summed E-state index contributed by atoms with van der Waals surface area (Å²) < 4.78 is 5.22. The van der Waals surface area contributed by atoms with Crippen LogP contribution in [0, 0.1) is 0 Å². The topological polar surface area (TPSA) is 46.6 Å². The highest BCUT2D eigenvalue weighted by molar-refractivity contribution is 9.12. The molecule has 0 radical (unpaired) electrons. The van der Waals surface area contributed by atoms with E-state index in [1.54, 1.807) is 61.7 Å². The average Bonchev–Trinajstić information content (AvgIpc) is 2.65. The van der Waals surface area contributed by atoms with Crippen molar-refractivity contribution in [3.8, 4) is 5.75 Å². The molecule has 0 aromatic heterocycles. The number of hydrogen-bond acceptors (Lipinski definition) is 3. The third kappa shape index (κ3) is 5.58. The van der Waals surface area contributed by atoms with Gasteiger partial charge in [-0.15, -0.1) is 0 Å². The van der Waals surface area contributed by atoms with E-state index in [1.807, 2.05) is 0 Å². The van der Waals surface area contributed by atoms with Gasteiger partial charge in [0.1, 0.15) is 5.75 Å². The van der Waals surface area contributed by atoms with Crippen molar-refractivity contribution >= 4 is 45.4 Å². The van der Waals surface area contributed by atoms with E-state index in [-0.39, 0.29) is 11.0 Å². The summed E-state index contributed by atoms with van der Waals surface area (Å²) in [5, 5.41) is 0.611. The maximum Gasteiger partial charge on any atom is 0.267 e. The van der Waals surface area contributed by atoms with Gasteiger partial charge < -0.3 is 4.74 Å². The molecule has 0 aliphatic rings. The highest BCUT2D eigenvalue weighted by atomic mass is 79.9. The summed E-state index contributed by atoms with van der Waals surface area (Å²) in [5.41, 5.74) is 1.60. The van der Waals surface area contributed by atoms with Crippen LogP contribution in [0.1, 0.15) is 11.1 Å². The Bertz CT molecular complexity index is 829. The van der Waals surface area contributed by atoms with Gasteiger partial charge in [0.05, 0.1) is 18.1 Å². The molecule has 4 nitrogen and oxygen atoms in total. The van der Waals surface area contributed by atoms with Gasteiger partial charge in [0.25, 0.3) is 11.8 Å². The number of carbonyl (C=O) groups is 2. The number of imide groups is 1. The van der Waals surface area contributed by atoms with Gasteiger partial charge in [0.2, 0.25) is 0 Å². The normalized spacial score (nSPS) is 10.6. The quantitative estimate of drug-likeness (QED) is 0.612. The first-order chi connectivity index (χ1) is 12.4. The van der Waals surface area contributed by atoms with Gasteiger partial charge in [-0.1, -0.05) is 42.4 Å². The van der Waals surface area contributed by atoms with E-state index in [2.05, 4.69) is 22.5 Å². The molecule has 2 rings (SSSR count). The van der Waals surface area contributed by atoms with E-state index in [1.165, 1.54) is 6.08 Å². The van der Waals surface area contributed by atoms with Gasteiger partial charge in [0, 0.05) is 11.1 Å². The third-order valence-electron chi connectivity index (χ3n) is 3.53. The minimum atomic E-state index is -0.494. The van der Waals surface area contributed by atoms with Gasteiger partial charge in [-0.2, -0.15) is 0 Å². The molecule has 0 aliphatic heterocycles. The Morgan fingerprint density at radius 1 is 1.15 bits per heavy atom. The maximum atomic E-state index is 12.6. The molecule has 0 aliphatic carbocycles. The van der Waals surface area contributed by atoms with Crippen molar-refractivity contribution in [3.63, 3.8) is 0 Å². The molecule has 0 fully saturated rings. The third-order valence-corrected chi connectivity index (χ3v) is 4.12. The van der Waals surface area contributed by atoms with Crippen LogP contribution in [-0.4, -0.2) is 23.8 Å². The van der Waals surface area contributed by atoms with Crippen molar-refractivity contribution in [2.75, 3.05) is 7.11 Å². The minimum Gasteiger partial charge on any atom is -0.497 e. The van der Waals surface area contributed by atoms with Crippen LogP contribution in [0.5, 0.6) is 5.75 Å². The molecule has 0 heterocycles. The molecule has 0 bridgehead atoms. The largest absolute Gasteiger partial charge is 0.497 e. The van der Waals surface area contributed by atoms with E-state index >= 15 is 0 Å². The number of rotatable bonds is 6. The average molecular weight is 435 g/mol. The Balaban J connectivity index is 2.19. The van der Waals surface area contributed by atoms with Crippen LogP contribution in [0.25, 0.3) is 6.08 Å². The van der Waals surface area contributed by atoms with E-state index in [0.29, 0.717) is 10.8 Å². The first kappa shape index (κ1) is 19.9. The summed E-state index contributed by atoms with van der Waals surface area (Å²) in [7, 11) is 1.57. The number of ether oxygens (including phenoxy) is 1. The van der Waals surface area contributed by atoms with E-state index in [0.717, 1.165) is 16.0 Å². The lowest BCUT2D eigenvalue weighted by atomic mass is 10.2. The van der Waals surface area contributed by atoms with Gasteiger partial charge in [-0.25, -0.2) is 0 Å². The van der Waals surface area contributed by atoms with Crippen LogP contribution in [0.15, 0.2) is 65.7 Å². The lowest BCUT2D eigenvalue weighted by molar-refractivity contribution is -0.139. The summed E-state index contributed by atoms with van der Waals surface area (Å²) in [6, 6.07) is 14.2. The zero-order chi connectivity index (χ0) is 19.1. The predicted octanol–water partition coefficient (Wildman–Crippen LogP) is 4.83. The summed E-state index contributed by atoms with van der Waals surface area (Å²) in [6.45, 7) is 3.69.